The minimum atomic E-state index is -3.56. The van der Waals surface area contributed by atoms with Gasteiger partial charge >= 0.3 is 0 Å². The number of rotatable bonds is 9. The third-order valence-electron chi connectivity index (χ3n) is 4.48. The van der Waals surface area contributed by atoms with Gasteiger partial charge < -0.3 is 10.1 Å². The summed E-state index contributed by atoms with van der Waals surface area (Å²) < 4.78 is 32.6. The van der Waals surface area contributed by atoms with Crippen LogP contribution in [0.1, 0.15) is 38.3 Å². The van der Waals surface area contributed by atoms with E-state index in [1.165, 1.54) is 12.1 Å². The van der Waals surface area contributed by atoms with Gasteiger partial charge in [-0.2, -0.15) is 0 Å². The Hall–Kier alpha value is -2.38. The summed E-state index contributed by atoms with van der Waals surface area (Å²) in [5.41, 5.74) is 2.88. The van der Waals surface area contributed by atoms with Gasteiger partial charge in [-0.25, -0.2) is 13.1 Å². The molecule has 0 saturated heterocycles. The highest BCUT2D eigenvalue weighted by Gasteiger charge is 2.16. The number of para-hydroxylation sites is 1. The Morgan fingerprint density at radius 2 is 1.79 bits per heavy atom. The van der Waals surface area contributed by atoms with Crippen molar-refractivity contribution in [3.05, 3.63) is 53.6 Å². The van der Waals surface area contributed by atoms with Gasteiger partial charge in [-0.15, -0.1) is 0 Å². The van der Waals surface area contributed by atoms with E-state index in [2.05, 4.69) is 10.0 Å². The van der Waals surface area contributed by atoms with Crippen LogP contribution in [0.2, 0.25) is 0 Å². The van der Waals surface area contributed by atoms with Crippen LogP contribution in [-0.2, 0) is 21.2 Å². The second-order valence-electron chi connectivity index (χ2n) is 6.70. The summed E-state index contributed by atoms with van der Waals surface area (Å²) in [6.07, 6.45) is 1.52. The number of ether oxygens (including phenoxy) is 1. The first-order chi connectivity index (χ1) is 13.3. The Morgan fingerprint density at radius 1 is 1.11 bits per heavy atom. The molecule has 28 heavy (non-hydrogen) atoms. The van der Waals surface area contributed by atoms with Crippen molar-refractivity contribution in [3.8, 4) is 5.75 Å². The van der Waals surface area contributed by atoms with Gasteiger partial charge in [-0.3, -0.25) is 4.79 Å². The molecule has 0 radical (unpaired) electrons. The monoisotopic (exact) mass is 404 g/mol. The number of hydrogen-bond acceptors (Lipinski definition) is 4. The summed E-state index contributed by atoms with van der Waals surface area (Å²) >= 11 is 0. The highest BCUT2D eigenvalue weighted by Crippen LogP contribution is 2.21. The highest BCUT2D eigenvalue weighted by atomic mass is 32.2. The predicted molar refractivity (Wildman–Crippen MR) is 111 cm³/mol. The number of anilines is 1. The lowest BCUT2D eigenvalue weighted by Gasteiger charge is -2.14. The van der Waals surface area contributed by atoms with Gasteiger partial charge in [0.05, 0.1) is 4.90 Å². The van der Waals surface area contributed by atoms with Crippen LogP contribution in [0.5, 0.6) is 5.75 Å². The smallest absolute Gasteiger partial charge is 0.262 e. The van der Waals surface area contributed by atoms with Crippen molar-refractivity contribution in [2.24, 2.45) is 0 Å². The van der Waals surface area contributed by atoms with E-state index >= 15 is 0 Å². The molecular weight excluding hydrogens is 376 g/mol. The maximum Gasteiger partial charge on any atom is 0.262 e. The molecule has 2 aromatic rings. The van der Waals surface area contributed by atoms with Gasteiger partial charge in [0.25, 0.3) is 5.91 Å². The topological polar surface area (TPSA) is 84.5 Å². The van der Waals surface area contributed by atoms with Crippen LogP contribution < -0.4 is 14.8 Å². The molecule has 0 spiro atoms. The predicted octanol–water partition coefficient (Wildman–Crippen LogP) is 3.65. The number of benzene rings is 2. The van der Waals surface area contributed by atoms with Crippen LogP contribution in [0.3, 0.4) is 0 Å². The fraction of sp³-hybridized carbons (Fsp3) is 0.381. The highest BCUT2D eigenvalue weighted by molar-refractivity contribution is 7.89. The summed E-state index contributed by atoms with van der Waals surface area (Å²) in [5.74, 6) is 0.164. The van der Waals surface area contributed by atoms with Crippen molar-refractivity contribution < 1.29 is 17.9 Å². The number of amides is 1. The maximum absolute atomic E-state index is 12.3. The number of nitrogens with one attached hydrogen (secondary N) is 2. The maximum atomic E-state index is 12.3. The van der Waals surface area contributed by atoms with Gasteiger partial charge in [0.1, 0.15) is 5.75 Å². The fourth-order valence-corrected chi connectivity index (χ4v) is 3.98. The van der Waals surface area contributed by atoms with Gasteiger partial charge in [0.15, 0.2) is 6.61 Å². The molecule has 0 fully saturated rings. The lowest BCUT2D eigenvalue weighted by Crippen LogP contribution is -2.31. The lowest BCUT2D eigenvalue weighted by atomic mass is 10.1. The summed E-state index contributed by atoms with van der Waals surface area (Å²) in [4.78, 5) is 12.4. The number of hydrogen-bond donors (Lipinski definition) is 2. The zero-order chi connectivity index (χ0) is 20.7. The van der Waals surface area contributed by atoms with E-state index in [0.717, 1.165) is 23.2 Å². The summed E-state index contributed by atoms with van der Waals surface area (Å²) in [6.45, 7) is 7.55. The van der Waals surface area contributed by atoms with E-state index in [1.807, 2.05) is 45.9 Å². The average molecular weight is 405 g/mol. The Morgan fingerprint density at radius 3 is 2.39 bits per heavy atom. The first kappa shape index (κ1) is 21.9. The first-order valence-electron chi connectivity index (χ1n) is 9.40. The van der Waals surface area contributed by atoms with E-state index < -0.39 is 10.0 Å². The molecule has 0 aliphatic carbocycles. The fourth-order valence-electron chi connectivity index (χ4n) is 2.66. The average Bonchev–Trinajstić information content (AvgIpc) is 2.67. The second kappa shape index (κ2) is 9.71. The molecule has 2 aromatic carbocycles. The molecule has 6 nitrogen and oxygen atoms in total. The van der Waals surface area contributed by atoms with E-state index in [-0.39, 0.29) is 23.5 Å². The molecule has 152 valence electrons. The van der Waals surface area contributed by atoms with Crippen LogP contribution in [0.15, 0.2) is 47.4 Å². The van der Waals surface area contributed by atoms with Crippen LogP contribution in [0.25, 0.3) is 0 Å². The van der Waals surface area contributed by atoms with Gasteiger partial charge in [0, 0.05) is 11.7 Å². The zero-order valence-electron chi connectivity index (χ0n) is 16.8. The number of aryl methyl sites for hydroxylation is 2. The molecule has 0 bridgehead atoms. The van der Waals surface area contributed by atoms with Crippen LogP contribution in [0, 0.1) is 6.92 Å². The van der Waals surface area contributed by atoms with E-state index in [4.69, 9.17) is 4.74 Å². The third-order valence-corrected chi connectivity index (χ3v) is 6.08. The molecule has 7 heteroatoms. The minimum Gasteiger partial charge on any atom is -0.484 e. The first-order valence-corrected chi connectivity index (χ1v) is 10.9. The summed E-state index contributed by atoms with van der Waals surface area (Å²) in [7, 11) is -3.56. The molecule has 1 atom stereocenters. The van der Waals surface area contributed by atoms with E-state index in [9.17, 15) is 13.2 Å². The quantitative estimate of drug-likeness (QED) is 0.668. The van der Waals surface area contributed by atoms with Crippen LogP contribution >= 0.6 is 0 Å². The number of carbonyl (C=O) groups excluding carboxylic acids is 1. The normalized spacial score (nSPS) is 12.4. The SMILES string of the molecule is CCc1cccc(C)c1NC(=O)COc1ccc(S(=O)(=O)N[C@H](C)CC)cc1. The van der Waals surface area contributed by atoms with Crippen LogP contribution in [-0.4, -0.2) is 27.0 Å². The summed E-state index contributed by atoms with van der Waals surface area (Å²) in [6, 6.07) is 11.8. The zero-order valence-corrected chi connectivity index (χ0v) is 17.6. The van der Waals surface area contributed by atoms with E-state index in [1.54, 1.807) is 12.1 Å². The molecule has 0 heterocycles. The van der Waals surface area contributed by atoms with Crippen LogP contribution in [0.4, 0.5) is 5.69 Å². The minimum absolute atomic E-state index is 0.140. The van der Waals surface area contributed by atoms with Gasteiger partial charge in [-0.1, -0.05) is 32.0 Å². The Balaban J connectivity index is 1.97. The lowest BCUT2D eigenvalue weighted by molar-refractivity contribution is -0.118. The Bertz CT molecular complexity index is 909. The number of carbonyl (C=O) groups is 1. The Labute approximate surface area is 167 Å². The molecule has 1 amide bonds. The molecule has 0 aliphatic rings. The van der Waals surface area contributed by atoms with Crippen molar-refractivity contribution >= 4 is 21.6 Å². The largest absolute Gasteiger partial charge is 0.484 e. The molecule has 0 aliphatic heterocycles. The van der Waals surface area contributed by atoms with Crippen molar-refractivity contribution in [1.82, 2.24) is 4.72 Å². The third kappa shape index (κ3) is 5.81. The molecule has 0 saturated carbocycles. The van der Waals surface area contributed by atoms with Crippen molar-refractivity contribution in [2.45, 2.75) is 51.5 Å². The second-order valence-corrected chi connectivity index (χ2v) is 8.42. The molecule has 0 aromatic heterocycles. The molecule has 2 rings (SSSR count). The van der Waals surface area contributed by atoms with Crippen molar-refractivity contribution in [1.29, 1.82) is 0 Å². The van der Waals surface area contributed by atoms with E-state index in [0.29, 0.717) is 12.2 Å². The molecule has 0 unspecified atom stereocenters. The van der Waals surface area contributed by atoms with Gasteiger partial charge in [-0.05, 0) is 62.1 Å². The summed E-state index contributed by atoms with van der Waals surface area (Å²) in [5, 5.41) is 2.89. The number of sulfonamides is 1. The van der Waals surface area contributed by atoms with Crippen molar-refractivity contribution in [2.75, 3.05) is 11.9 Å². The Kier molecular flexibility index (Phi) is 7.60. The van der Waals surface area contributed by atoms with Crippen molar-refractivity contribution in [3.63, 3.8) is 0 Å². The molecule has 2 N–H and O–H groups in total. The molecular formula is C21H28N2O4S. The standard InChI is InChI=1S/C21H28N2O4S/c1-5-16(4)23-28(25,26)19-12-10-18(11-13-19)27-14-20(24)22-21-15(3)8-7-9-17(21)6-2/h7-13,16,23H,5-6,14H2,1-4H3,(H,22,24)/t16-/m1/s1. The van der Waals surface area contributed by atoms with Gasteiger partial charge in [0.2, 0.25) is 10.0 Å².